The van der Waals surface area contributed by atoms with Gasteiger partial charge in [-0.25, -0.2) is 0 Å². The molecule has 31 heavy (non-hydrogen) atoms. The maximum absolute atomic E-state index is 6.25. The topological polar surface area (TPSA) is 39.9 Å². The summed E-state index contributed by atoms with van der Waals surface area (Å²) in [4.78, 5) is 0. The lowest BCUT2D eigenvalue weighted by Crippen LogP contribution is -2.22. The fraction of sp³-hybridized carbons (Fsp3) is 0.462. The number of aromatic nitrogens is 3. The molecule has 1 aromatic carbocycles. The summed E-state index contributed by atoms with van der Waals surface area (Å²) in [7, 11) is 0. The Balaban J connectivity index is 1.73. The van der Waals surface area contributed by atoms with Gasteiger partial charge in [0.2, 0.25) is 0 Å². The van der Waals surface area contributed by atoms with Crippen molar-refractivity contribution in [2.75, 3.05) is 0 Å². The van der Waals surface area contributed by atoms with Gasteiger partial charge in [-0.1, -0.05) is 49.8 Å². The van der Waals surface area contributed by atoms with Crippen LogP contribution in [0.25, 0.3) is 5.69 Å². The SMILES string of the molecule is C=C(/C=C\C=C(C)C)OC1CCC(c2nnc(CC)n2-c2ccc(Cl)cc2CC)CC1. The summed E-state index contributed by atoms with van der Waals surface area (Å²) < 4.78 is 8.35. The molecule has 0 unspecified atom stereocenters. The molecule has 0 spiro atoms. The summed E-state index contributed by atoms with van der Waals surface area (Å²) in [5.74, 6) is 3.17. The van der Waals surface area contributed by atoms with E-state index in [1.807, 2.05) is 18.2 Å². The van der Waals surface area contributed by atoms with Gasteiger partial charge in [0, 0.05) is 17.4 Å². The molecule has 166 valence electrons. The minimum atomic E-state index is 0.212. The molecule has 1 heterocycles. The first-order valence-corrected chi connectivity index (χ1v) is 11.7. The second-order valence-corrected chi connectivity index (χ2v) is 8.89. The van der Waals surface area contributed by atoms with Crippen molar-refractivity contribution >= 4 is 11.6 Å². The quantitative estimate of drug-likeness (QED) is 0.324. The Hall–Kier alpha value is -2.33. The zero-order chi connectivity index (χ0) is 22.4. The van der Waals surface area contributed by atoms with Gasteiger partial charge in [-0.05, 0) is 75.8 Å². The van der Waals surface area contributed by atoms with Gasteiger partial charge in [0.05, 0.1) is 11.8 Å². The molecule has 4 nitrogen and oxygen atoms in total. The van der Waals surface area contributed by atoms with E-state index in [1.54, 1.807) is 0 Å². The molecule has 2 aromatic rings. The number of halogens is 1. The summed E-state index contributed by atoms with van der Waals surface area (Å²) in [5, 5.41) is 9.92. The van der Waals surface area contributed by atoms with Crippen LogP contribution >= 0.6 is 11.6 Å². The van der Waals surface area contributed by atoms with E-state index in [4.69, 9.17) is 16.3 Å². The number of hydrogen-bond acceptors (Lipinski definition) is 3. The van der Waals surface area contributed by atoms with Crippen molar-refractivity contribution < 1.29 is 4.74 Å². The van der Waals surface area contributed by atoms with Crippen molar-refractivity contribution in [3.05, 3.63) is 76.6 Å². The zero-order valence-electron chi connectivity index (χ0n) is 19.2. The van der Waals surface area contributed by atoms with Gasteiger partial charge in [0.1, 0.15) is 17.4 Å². The number of aryl methyl sites for hydroxylation is 2. The Bertz CT molecular complexity index is 961. The second-order valence-electron chi connectivity index (χ2n) is 8.45. The van der Waals surface area contributed by atoms with Crippen molar-refractivity contribution in [3.63, 3.8) is 0 Å². The van der Waals surface area contributed by atoms with Crippen molar-refractivity contribution in [1.82, 2.24) is 14.8 Å². The third kappa shape index (κ3) is 5.88. The minimum Gasteiger partial charge on any atom is -0.491 e. The number of benzene rings is 1. The second kappa shape index (κ2) is 10.8. The van der Waals surface area contributed by atoms with Gasteiger partial charge in [-0.2, -0.15) is 0 Å². The van der Waals surface area contributed by atoms with Gasteiger partial charge in [0.25, 0.3) is 0 Å². The van der Waals surface area contributed by atoms with Gasteiger partial charge in [0.15, 0.2) is 0 Å². The Morgan fingerprint density at radius 2 is 1.90 bits per heavy atom. The Kier molecular flexibility index (Phi) is 8.14. The van der Waals surface area contributed by atoms with Gasteiger partial charge in [-0.3, -0.25) is 4.57 Å². The van der Waals surface area contributed by atoms with Crippen LogP contribution in [0.4, 0.5) is 0 Å². The molecule has 0 saturated heterocycles. The summed E-state index contributed by atoms with van der Waals surface area (Å²) in [6, 6.07) is 6.11. The molecule has 1 aliphatic rings. The van der Waals surface area contributed by atoms with E-state index in [0.29, 0.717) is 5.92 Å². The largest absolute Gasteiger partial charge is 0.491 e. The smallest absolute Gasteiger partial charge is 0.140 e. The predicted molar refractivity (Wildman–Crippen MR) is 129 cm³/mol. The maximum atomic E-state index is 6.25. The lowest BCUT2D eigenvalue weighted by atomic mass is 9.86. The van der Waals surface area contributed by atoms with E-state index >= 15 is 0 Å². The molecule has 1 fully saturated rings. The fourth-order valence-corrected chi connectivity index (χ4v) is 4.38. The minimum absolute atomic E-state index is 0.212. The molecule has 0 aliphatic heterocycles. The number of hydrogen-bond donors (Lipinski definition) is 0. The predicted octanol–water partition coefficient (Wildman–Crippen LogP) is 7.12. The molecule has 3 rings (SSSR count). The van der Waals surface area contributed by atoms with Gasteiger partial charge in [-0.15, -0.1) is 10.2 Å². The number of nitrogens with zero attached hydrogens (tertiary/aromatic N) is 3. The molecule has 0 atom stereocenters. The normalized spacial score (nSPS) is 18.9. The van der Waals surface area contributed by atoms with Crippen LogP contribution in [0.1, 0.15) is 76.5 Å². The summed E-state index contributed by atoms with van der Waals surface area (Å²) in [5.41, 5.74) is 3.63. The number of ether oxygens (including phenoxy) is 1. The monoisotopic (exact) mass is 439 g/mol. The first-order chi connectivity index (χ1) is 14.9. The Morgan fingerprint density at radius 3 is 2.55 bits per heavy atom. The van der Waals surface area contributed by atoms with Crippen LogP contribution in [-0.2, 0) is 17.6 Å². The fourth-order valence-electron chi connectivity index (χ4n) is 4.18. The molecule has 1 aromatic heterocycles. The van der Waals surface area contributed by atoms with E-state index in [9.17, 15) is 0 Å². The molecule has 0 N–H and O–H groups in total. The average Bonchev–Trinajstić information content (AvgIpc) is 3.17. The van der Waals surface area contributed by atoms with Crippen molar-refractivity contribution in [2.45, 2.75) is 78.2 Å². The first kappa shape index (κ1) is 23.3. The van der Waals surface area contributed by atoms with Crippen LogP contribution in [0, 0.1) is 0 Å². The highest BCUT2D eigenvalue weighted by atomic mass is 35.5. The number of allylic oxidation sites excluding steroid dienone is 4. The average molecular weight is 440 g/mol. The highest BCUT2D eigenvalue weighted by Crippen LogP contribution is 2.36. The van der Waals surface area contributed by atoms with E-state index in [-0.39, 0.29) is 6.10 Å². The van der Waals surface area contributed by atoms with Crippen molar-refractivity contribution in [3.8, 4) is 5.69 Å². The van der Waals surface area contributed by atoms with Crippen LogP contribution in [0.5, 0.6) is 0 Å². The summed E-state index contributed by atoms with van der Waals surface area (Å²) in [6.45, 7) is 12.5. The summed E-state index contributed by atoms with van der Waals surface area (Å²) in [6.07, 6.45) is 12.0. The highest BCUT2D eigenvalue weighted by molar-refractivity contribution is 6.30. The van der Waals surface area contributed by atoms with Gasteiger partial charge < -0.3 is 4.74 Å². The molecule has 1 saturated carbocycles. The Labute approximate surface area is 191 Å². The number of rotatable bonds is 8. The van der Waals surface area contributed by atoms with Crippen LogP contribution in [0.3, 0.4) is 0 Å². The van der Waals surface area contributed by atoms with Crippen LogP contribution in [0.15, 0.2) is 54.3 Å². The molecule has 0 amide bonds. The third-order valence-electron chi connectivity index (χ3n) is 5.80. The molecular weight excluding hydrogens is 406 g/mol. The molecule has 5 heteroatoms. The molecule has 0 radical (unpaired) electrons. The van der Waals surface area contributed by atoms with E-state index < -0.39 is 0 Å². The molecule has 1 aliphatic carbocycles. The third-order valence-corrected chi connectivity index (χ3v) is 6.04. The standard InChI is InChI=1S/C26H34ClN3O/c1-6-20-17-22(27)13-16-24(20)30-25(7-2)28-29-26(30)21-11-14-23(15-12-21)31-19(5)10-8-9-18(3)4/h8-10,13,16-17,21,23H,5-7,11-12,14-15H2,1-4H3/b10-8-. The van der Waals surface area contributed by atoms with Crippen molar-refractivity contribution in [2.24, 2.45) is 0 Å². The van der Waals surface area contributed by atoms with Crippen LogP contribution < -0.4 is 0 Å². The first-order valence-electron chi connectivity index (χ1n) is 11.3. The lowest BCUT2D eigenvalue weighted by molar-refractivity contribution is 0.0840. The van der Waals surface area contributed by atoms with Crippen LogP contribution in [-0.4, -0.2) is 20.9 Å². The van der Waals surface area contributed by atoms with E-state index in [0.717, 1.165) is 66.6 Å². The van der Waals surface area contributed by atoms with E-state index in [2.05, 4.69) is 67.2 Å². The summed E-state index contributed by atoms with van der Waals surface area (Å²) >= 11 is 6.25. The van der Waals surface area contributed by atoms with Crippen LogP contribution in [0.2, 0.25) is 5.02 Å². The van der Waals surface area contributed by atoms with Crippen molar-refractivity contribution in [1.29, 1.82) is 0 Å². The zero-order valence-corrected chi connectivity index (χ0v) is 20.0. The van der Waals surface area contributed by atoms with Gasteiger partial charge >= 0.3 is 0 Å². The Morgan fingerprint density at radius 1 is 1.16 bits per heavy atom. The highest BCUT2D eigenvalue weighted by Gasteiger charge is 2.29. The molecular formula is C26H34ClN3O. The lowest BCUT2D eigenvalue weighted by Gasteiger charge is -2.29. The maximum Gasteiger partial charge on any atom is 0.140 e. The van der Waals surface area contributed by atoms with E-state index in [1.165, 1.54) is 11.1 Å². The molecule has 0 bridgehead atoms.